The fourth-order valence-electron chi connectivity index (χ4n) is 3.28. The summed E-state index contributed by atoms with van der Waals surface area (Å²) in [6, 6.07) is 10.8. The summed E-state index contributed by atoms with van der Waals surface area (Å²) < 4.78 is 11.7. The highest BCUT2D eigenvalue weighted by molar-refractivity contribution is 7.22. The number of anilines is 1. The molecule has 176 valence electrons. The van der Waals surface area contributed by atoms with Crippen LogP contribution in [-0.2, 0) is 4.79 Å². The van der Waals surface area contributed by atoms with E-state index in [2.05, 4.69) is 25.8 Å². The fraction of sp³-hybridized carbons (Fsp3) is 0.292. The number of benzene rings is 2. The highest BCUT2D eigenvalue weighted by Crippen LogP contribution is 2.35. The van der Waals surface area contributed by atoms with Crippen molar-refractivity contribution in [1.29, 1.82) is 0 Å². The normalized spacial score (nSPS) is 10.9. The third-order valence-corrected chi connectivity index (χ3v) is 5.95. The standard InChI is InChI=1S/C24H25N5O4S/c1-4-12-32-18-9-8-14(2)20-21(18)34-24(28-20)27-19(30)10-11-25-23(31)17-7-5-6-16(13-17)22-26-15(3)33-29-22/h5-9,13H,4,10-12H2,1-3H3,(H,25,31)(H,27,28,30). The molecule has 0 spiro atoms. The number of fused-ring (bicyclic) bond motifs is 1. The topological polar surface area (TPSA) is 119 Å². The average molecular weight is 480 g/mol. The Labute approximate surface area is 200 Å². The van der Waals surface area contributed by atoms with Crippen molar-refractivity contribution in [2.24, 2.45) is 0 Å². The minimum Gasteiger partial charge on any atom is -0.492 e. The second-order valence-corrected chi connectivity index (χ2v) is 8.70. The fourth-order valence-corrected chi connectivity index (χ4v) is 4.30. The molecule has 2 aromatic heterocycles. The van der Waals surface area contributed by atoms with E-state index in [1.807, 2.05) is 26.0 Å². The number of ether oxygens (including phenoxy) is 1. The molecule has 0 bridgehead atoms. The van der Waals surface area contributed by atoms with Crippen molar-refractivity contribution >= 4 is 38.5 Å². The number of aromatic nitrogens is 3. The third kappa shape index (κ3) is 5.40. The SMILES string of the molecule is CCCOc1ccc(C)c2nc(NC(=O)CCNC(=O)c3cccc(-c4noc(C)n4)c3)sc12. The van der Waals surface area contributed by atoms with Gasteiger partial charge in [0.05, 0.1) is 16.8 Å². The summed E-state index contributed by atoms with van der Waals surface area (Å²) in [6.45, 7) is 6.53. The summed E-state index contributed by atoms with van der Waals surface area (Å²) in [6.07, 6.45) is 1.02. The van der Waals surface area contributed by atoms with E-state index in [1.54, 1.807) is 31.2 Å². The molecule has 0 atom stereocenters. The van der Waals surface area contributed by atoms with Crippen LogP contribution in [0.15, 0.2) is 40.9 Å². The number of hydrogen-bond acceptors (Lipinski definition) is 8. The molecule has 2 amide bonds. The van der Waals surface area contributed by atoms with E-state index < -0.39 is 0 Å². The Bertz CT molecular complexity index is 1330. The van der Waals surface area contributed by atoms with Crippen molar-refractivity contribution in [2.75, 3.05) is 18.5 Å². The van der Waals surface area contributed by atoms with E-state index in [4.69, 9.17) is 9.26 Å². The lowest BCUT2D eigenvalue weighted by Crippen LogP contribution is -2.27. The Morgan fingerprint density at radius 2 is 2.00 bits per heavy atom. The monoisotopic (exact) mass is 479 g/mol. The molecular weight excluding hydrogens is 454 g/mol. The molecule has 2 N–H and O–H groups in total. The first kappa shape index (κ1) is 23.4. The number of thiazole rings is 1. The van der Waals surface area contributed by atoms with E-state index in [1.165, 1.54) is 11.3 Å². The van der Waals surface area contributed by atoms with E-state index >= 15 is 0 Å². The lowest BCUT2D eigenvalue weighted by atomic mass is 10.1. The van der Waals surface area contributed by atoms with Gasteiger partial charge in [-0.1, -0.05) is 41.6 Å². The predicted molar refractivity (Wildman–Crippen MR) is 130 cm³/mol. The molecule has 0 aliphatic heterocycles. The molecule has 0 saturated carbocycles. The van der Waals surface area contributed by atoms with Crippen molar-refractivity contribution in [3.8, 4) is 17.1 Å². The highest BCUT2D eigenvalue weighted by Gasteiger charge is 2.14. The maximum absolute atomic E-state index is 12.5. The van der Waals surface area contributed by atoms with Crippen LogP contribution in [0.1, 0.15) is 41.6 Å². The van der Waals surface area contributed by atoms with Crippen LogP contribution in [0.25, 0.3) is 21.6 Å². The Hall–Kier alpha value is -3.79. The lowest BCUT2D eigenvalue weighted by molar-refractivity contribution is -0.116. The third-order valence-electron chi connectivity index (χ3n) is 4.97. The smallest absolute Gasteiger partial charge is 0.251 e. The minimum atomic E-state index is -0.289. The zero-order valence-electron chi connectivity index (χ0n) is 19.2. The molecule has 0 aliphatic rings. The molecule has 0 saturated heterocycles. The van der Waals surface area contributed by atoms with Crippen LogP contribution < -0.4 is 15.4 Å². The molecular formula is C24H25N5O4S. The van der Waals surface area contributed by atoms with Gasteiger partial charge >= 0.3 is 0 Å². The van der Waals surface area contributed by atoms with Gasteiger partial charge in [0.2, 0.25) is 17.6 Å². The number of carbonyl (C=O) groups is 2. The van der Waals surface area contributed by atoms with Gasteiger partial charge < -0.3 is 19.9 Å². The van der Waals surface area contributed by atoms with Crippen molar-refractivity contribution in [3.05, 3.63) is 53.4 Å². The van der Waals surface area contributed by atoms with Gasteiger partial charge in [-0.25, -0.2) is 4.98 Å². The molecule has 10 heteroatoms. The first-order valence-corrected chi connectivity index (χ1v) is 11.8. The summed E-state index contributed by atoms with van der Waals surface area (Å²) >= 11 is 1.38. The first-order chi connectivity index (χ1) is 16.4. The number of amides is 2. The molecule has 2 aromatic carbocycles. The number of aryl methyl sites for hydroxylation is 2. The number of hydrogen-bond donors (Lipinski definition) is 2. The van der Waals surface area contributed by atoms with Gasteiger partial charge in [0, 0.05) is 31.0 Å². The van der Waals surface area contributed by atoms with Crippen LogP contribution in [0.2, 0.25) is 0 Å². The highest BCUT2D eigenvalue weighted by atomic mass is 32.1. The largest absolute Gasteiger partial charge is 0.492 e. The Morgan fingerprint density at radius 1 is 1.15 bits per heavy atom. The molecule has 0 aliphatic carbocycles. The van der Waals surface area contributed by atoms with Crippen molar-refractivity contribution in [2.45, 2.75) is 33.6 Å². The van der Waals surface area contributed by atoms with Gasteiger partial charge in [0.1, 0.15) is 5.75 Å². The number of nitrogens with one attached hydrogen (secondary N) is 2. The average Bonchev–Trinajstić information content (AvgIpc) is 3.45. The molecule has 0 fully saturated rings. The Morgan fingerprint density at radius 3 is 2.76 bits per heavy atom. The summed E-state index contributed by atoms with van der Waals surface area (Å²) in [5.74, 6) is 1.11. The molecule has 9 nitrogen and oxygen atoms in total. The van der Waals surface area contributed by atoms with Crippen LogP contribution in [0, 0.1) is 13.8 Å². The van der Waals surface area contributed by atoms with Crippen LogP contribution >= 0.6 is 11.3 Å². The lowest BCUT2D eigenvalue weighted by Gasteiger charge is -2.06. The summed E-state index contributed by atoms with van der Waals surface area (Å²) in [5.41, 5.74) is 2.96. The molecule has 34 heavy (non-hydrogen) atoms. The number of carbonyl (C=O) groups excluding carboxylic acids is 2. The van der Waals surface area contributed by atoms with Crippen LogP contribution in [-0.4, -0.2) is 40.1 Å². The van der Waals surface area contributed by atoms with Crippen LogP contribution in [0.5, 0.6) is 5.75 Å². The Balaban J connectivity index is 1.33. The van der Waals surface area contributed by atoms with Crippen molar-refractivity contribution in [3.63, 3.8) is 0 Å². The molecule has 0 unspecified atom stereocenters. The van der Waals surface area contributed by atoms with E-state index in [9.17, 15) is 9.59 Å². The molecule has 2 heterocycles. The van der Waals surface area contributed by atoms with Gasteiger partial charge in [-0.2, -0.15) is 4.98 Å². The van der Waals surface area contributed by atoms with Gasteiger partial charge in [-0.05, 0) is 37.1 Å². The first-order valence-electron chi connectivity index (χ1n) is 11.0. The maximum atomic E-state index is 12.5. The zero-order chi connectivity index (χ0) is 24.1. The van der Waals surface area contributed by atoms with Crippen molar-refractivity contribution < 1.29 is 18.8 Å². The van der Waals surface area contributed by atoms with Gasteiger partial charge in [-0.3, -0.25) is 9.59 Å². The van der Waals surface area contributed by atoms with Crippen molar-refractivity contribution in [1.82, 2.24) is 20.4 Å². The Kier molecular flexibility index (Phi) is 7.17. The van der Waals surface area contributed by atoms with Gasteiger partial charge in [0.15, 0.2) is 5.13 Å². The molecule has 4 aromatic rings. The summed E-state index contributed by atoms with van der Waals surface area (Å²) in [4.78, 5) is 33.7. The zero-order valence-corrected chi connectivity index (χ0v) is 20.0. The quantitative estimate of drug-likeness (QED) is 0.362. The second kappa shape index (κ2) is 10.4. The van der Waals surface area contributed by atoms with E-state index in [0.717, 1.165) is 28.0 Å². The molecule has 4 rings (SSSR count). The summed E-state index contributed by atoms with van der Waals surface area (Å²) in [7, 11) is 0. The van der Waals surface area contributed by atoms with Gasteiger partial charge in [-0.15, -0.1) is 0 Å². The second-order valence-electron chi connectivity index (χ2n) is 7.70. The molecule has 0 radical (unpaired) electrons. The van der Waals surface area contributed by atoms with Crippen LogP contribution in [0.4, 0.5) is 5.13 Å². The van der Waals surface area contributed by atoms with Gasteiger partial charge in [0.25, 0.3) is 5.91 Å². The summed E-state index contributed by atoms with van der Waals surface area (Å²) in [5, 5.41) is 9.96. The number of nitrogens with zero attached hydrogens (tertiary/aromatic N) is 3. The predicted octanol–water partition coefficient (Wildman–Crippen LogP) is 4.51. The van der Waals surface area contributed by atoms with E-state index in [-0.39, 0.29) is 24.8 Å². The maximum Gasteiger partial charge on any atom is 0.251 e. The van der Waals surface area contributed by atoms with E-state index in [0.29, 0.717) is 34.6 Å². The minimum absolute atomic E-state index is 0.115. The number of rotatable bonds is 9. The van der Waals surface area contributed by atoms with Crippen LogP contribution in [0.3, 0.4) is 0 Å².